The van der Waals surface area contributed by atoms with Crippen molar-refractivity contribution in [2.75, 3.05) is 12.5 Å². The van der Waals surface area contributed by atoms with E-state index in [1.54, 1.807) is 37.6 Å². The van der Waals surface area contributed by atoms with Gasteiger partial charge in [0.15, 0.2) is 0 Å². The van der Waals surface area contributed by atoms with Crippen LogP contribution < -0.4 is 15.6 Å². The van der Waals surface area contributed by atoms with Crippen LogP contribution in [0.2, 0.25) is 0 Å². The highest BCUT2D eigenvalue weighted by Crippen LogP contribution is 2.19. The highest BCUT2D eigenvalue weighted by molar-refractivity contribution is 5.96. The van der Waals surface area contributed by atoms with Crippen molar-refractivity contribution in [1.82, 2.24) is 10.4 Å². The van der Waals surface area contributed by atoms with E-state index in [2.05, 4.69) is 15.8 Å². The fourth-order valence-corrected chi connectivity index (χ4v) is 2.14. The number of benzene rings is 2. The van der Waals surface area contributed by atoms with Crippen LogP contribution in [0.1, 0.15) is 10.4 Å². The molecule has 0 spiro atoms. The van der Waals surface area contributed by atoms with Gasteiger partial charge in [0, 0.05) is 17.1 Å². The summed E-state index contributed by atoms with van der Waals surface area (Å²) in [4.78, 5) is 16.4. The number of carbonyl (C=O) groups excluding carboxylic acids is 1. The number of ether oxygens (including phenoxy) is 1. The molecule has 5 heteroatoms. The third-order valence-electron chi connectivity index (χ3n) is 3.30. The molecule has 3 rings (SSSR count). The number of nitrogens with zero attached hydrogens (tertiary/aromatic N) is 1. The van der Waals surface area contributed by atoms with E-state index >= 15 is 0 Å². The van der Waals surface area contributed by atoms with Gasteiger partial charge in [-0.3, -0.25) is 20.6 Å². The molecule has 0 bridgehead atoms. The molecular weight excluding hydrogens is 278 g/mol. The number of amides is 1. The van der Waals surface area contributed by atoms with Crippen molar-refractivity contribution in [1.29, 1.82) is 0 Å². The van der Waals surface area contributed by atoms with Crippen LogP contribution in [0.4, 0.5) is 5.69 Å². The number of hydrazine groups is 1. The number of carbonyl (C=O) groups is 1. The molecule has 0 saturated heterocycles. The van der Waals surface area contributed by atoms with Crippen molar-refractivity contribution in [3.63, 3.8) is 0 Å². The summed E-state index contributed by atoms with van der Waals surface area (Å²) in [5.74, 6) is 0.485. The number of rotatable bonds is 4. The van der Waals surface area contributed by atoms with Crippen LogP contribution in [0.25, 0.3) is 10.9 Å². The summed E-state index contributed by atoms with van der Waals surface area (Å²) in [6.07, 6.45) is 1.72. The van der Waals surface area contributed by atoms with Crippen LogP contribution in [-0.4, -0.2) is 18.0 Å². The average Bonchev–Trinajstić information content (AvgIpc) is 2.59. The summed E-state index contributed by atoms with van der Waals surface area (Å²) < 4.78 is 5.07. The standard InChI is InChI=1S/C17H15N3O2/c1-22-14-9-7-13(8-10-14)17(21)20-19-15-6-2-4-12-5-3-11-18-16(12)15/h2-11,19H,1H3,(H,20,21). The molecule has 0 fully saturated rings. The first-order valence-corrected chi connectivity index (χ1v) is 6.82. The molecule has 1 heterocycles. The number of aromatic nitrogens is 1. The molecule has 110 valence electrons. The van der Waals surface area contributed by atoms with Gasteiger partial charge in [0.1, 0.15) is 5.75 Å². The second kappa shape index (κ2) is 6.13. The van der Waals surface area contributed by atoms with Crippen molar-refractivity contribution in [3.8, 4) is 5.75 Å². The first-order valence-electron chi connectivity index (χ1n) is 6.82. The van der Waals surface area contributed by atoms with Gasteiger partial charge >= 0.3 is 0 Å². The molecule has 0 radical (unpaired) electrons. The SMILES string of the molecule is COc1ccc(C(=O)NNc2cccc3cccnc23)cc1. The Morgan fingerprint density at radius 1 is 1.05 bits per heavy atom. The van der Waals surface area contributed by atoms with Gasteiger partial charge < -0.3 is 4.74 Å². The molecular formula is C17H15N3O2. The maximum Gasteiger partial charge on any atom is 0.269 e. The van der Waals surface area contributed by atoms with Crippen molar-refractivity contribution >= 4 is 22.5 Å². The predicted molar refractivity (Wildman–Crippen MR) is 85.8 cm³/mol. The zero-order valence-corrected chi connectivity index (χ0v) is 12.0. The number of hydrogen-bond donors (Lipinski definition) is 2. The first-order chi connectivity index (χ1) is 10.8. The van der Waals surface area contributed by atoms with E-state index in [0.717, 1.165) is 16.6 Å². The maximum atomic E-state index is 12.1. The van der Waals surface area contributed by atoms with Crippen LogP contribution >= 0.6 is 0 Å². The van der Waals surface area contributed by atoms with Gasteiger partial charge in [-0.2, -0.15) is 0 Å². The number of fused-ring (bicyclic) bond motifs is 1. The fraction of sp³-hybridized carbons (Fsp3) is 0.0588. The lowest BCUT2D eigenvalue weighted by Crippen LogP contribution is -2.29. The summed E-state index contributed by atoms with van der Waals surface area (Å²) in [7, 11) is 1.59. The predicted octanol–water partition coefficient (Wildman–Crippen LogP) is 3.00. The molecule has 22 heavy (non-hydrogen) atoms. The van der Waals surface area contributed by atoms with E-state index in [0.29, 0.717) is 11.3 Å². The summed E-state index contributed by atoms with van der Waals surface area (Å²) in [5, 5.41) is 1.01. The maximum absolute atomic E-state index is 12.1. The minimum atomic E-state index is -0.226. The Bertz CT molecular complexity index is 795. The van der Waals surface area contributed by atoms with Gasteiger partial charge in [-0.25, -0.2) is 0 Å². The van der Waals surface area contributed by atoms with Gasteiger partial charge in [0.05, 0.1) is 18.3 Å². The molecule has 0 atom stereocenters. The van der Waals surface area contributed by atoms with Crippen molar-refractivity contribution < 1.29 is 9.53 Å². The Kier molecular flexibility index (Phi) is 3.87. The molecule has 0 aliphatic heterocycles. The summed E-state index contributed by atoms with van der Waals surface area (Å²) in [5.41, 5.74) is 7.69. The number of anilines is 1. The van der Waals surface area contributed by atoms with E-state index in [-0.39, 0.29) is 5.91 Å². The first kappa shape index (κ1) is 13.9. The van der Waals surface area contributed by atoms with Crippen LogP contribution in [0, 0.1) is 0 Å². The monoisotopic (exact) mass is 293 g/mol. The zero-order chi connectivity index (χ0) is 15.4. The molecule has 2 N–H and O–H groups in total. The second-order valence-electron chi connectivity index (χ2n) is 4.69. The lowest BCUT2D eigenvalue weighted by Gasteiger charge is -2.10. The minimum Gasteiger partial charge on any atom is -0.497 e. The third-order valence-corrected chi connectivity index (χ3v) is 3.30. The minimum absolute atomic E-state index is 0.226. The Morgan fingerprint density at radius 2 is 1.82 bits per heavy atom. The van der Waals surface area contributed by atoms with Gasteiger partial charge in [0.2, 0.25) is 0 Å². The Balaban J connectivity index is 1.74. The van der Waals surface area contributed by atoms with E-state index in [4.69, 9.17) is 4.74 Å². The highest BCUT2D eigenvalue weighted by atomic mass is 16.5. The Hall–Kier alpha value is -3.08. The van der Waals surface area contributed by atoms with Crippen LogP contribution in [0.5, 0.6) is 5.75 Å². The number of methoxy groups -OCH3 is 1. The van der Waals surface area contributed by atoms with Crippen molar-refractivity contribution in [2.24, 2.45) is 0 Å². The zero-order valence-electron chi connectivity index (χ0n) is 12.0. The molecule has 0 aliphatic rings. The molecule has 2 aromatic carbocycles. The quantitative estimate of drug-likeness (QED) is 0.726. The van der Waals surface area contributed by atoms with Crippen LogP contribution in [-0.2, 0) is 0 Å². The van der Waals surface area contributed by atoms with Gasteiger partial charge in [-0.05, 0) is 36.4 Å². The lowest BCUT2D eigenvalue weighted by atomic mass is 10.2. The molecule has 1 aromatic heterocycles. The van der Waals surface area contributed by atoms with E-state index in [9.17, 15) is 4.79 Å². The fourth-order valence-electron chi connectivity index (χ4n) is 2.14. The molecule has 1 amide bonds. The van der Waals surface area contributed by atoms with E-state index in [1.807, 2.05) is 30.3 Å². The van der Waals surface area contributed by atoms with Crippen molar-refractivity contribution in [2.45, 2.75) is 0 Å². The molecule has 5 nitrogen and oxygen atoms in total. The van der Waals surface area contributed by atoms with Crippen LogP contribution in [0.3, 0.4) is 0 Å². The number of pyridine rings is 1. The Labute approximate surface area is 127 Å². The van der Waals surface area contributed by atoms with E-state index < -0.39 is 0 Å². The average molecular weight is 293 g/mol. The largest absolute Gasteiger partial charge is 0.497 e. The normalized spacial score (nSPS) is 10.2. The number of hydrogen-bond acceptors (Lipinski definition) is 4. The molecule has 0 saturated carbocycles. The molecule has 0 aliphatic carbocycles. The van der Waals surface area contributed by atoms with Crippen LogP contribution in [0.15, 0.2) is 60.8 Å². The topological polar surface area (TPSA) is 63.2 Å². The second-order valence-corrected chi connectivity index (χ2v) is 4.69. The summed E-state index contributed by atoms with van der Waals surface area (Å²) in [6.45, 7) is 0. The smallest absolute Gasteiger partial charge is 0.269 e. The summed E-state index contributed by atoms with van der Waals surface area (Å²) >= 11 is 0. The Morgan fingerprint density at radius 3 is 2.59 bits per heavy atom. The van der Waals surface area contributed by atoms with Crippen molar-refractivity contribution in [3.05, 3.63) is 66.4 Å². The highest BCUT2D eigenvalue weighted by Gasteiger charge is 2.06. The summed E-state index contributed by atoms with van der Waals surface area (Å²) in [6, 6.07) is 16.5. The molecule has 3 aromatic rings. The lowest BCUT2D eigenvalue weighted by molar-refractivity contribution is 0.0962. The number of para-hydroxylation sites is 1. The number of nitrogens with one attached hydrogen (secondary N) is 2. The molecule has 0 unspecified atom stereocenters. The van der Waals surface area contributed by atoms with E-state index in [1.165, 1.54) is 0 Å². The van der Waals surface area contributed by atoms with Gasteiger partial charge in [0.25, 0.3) is 5.91 Å². The van der Waals surface area contributed by atoms with Gasteiger partial charge in [-0.1, -0.05) is 18.2 Å². The van der Waals surface area contributed by atoms with Gasteiger partial charge in [-0.15, -0.1) is 0 Å². The third kappa shape index (κ3) is 2.83.